The molecule has 0 heterocycles. The first-order chi connectivity index (χ1) is 7.30. The van der Waals surface area contributed by atoms with E-state index in [-0.39, 0.29) is 0 Å². The van der Waals surface area contributed by atoms with Crippen molar-refractivity contribution in [2.24, 2.45) is 5.92 Å². The average molecular weight is 206 g/mol. The predicted molar refractivity (Wildman–Crippen MR) is 64.9 cm³/mol. The molecule has 0 fully saturated rings. The number of hydrogen-bond donors (Lipinski definition) is 0. The Bertz CT molecular complexity index is 259. The molecule has 0 aromatic heterocycles. The van der Waals surface area contributed by atoms with Gasteiger partial charge in [-0.25, -0.2) is 0 Å². The molecule has 0 amide bonds. The first-order valence-corrected chi connectivity index (χ1v) is 5.86. The summed E-state index contributed by atoms with van der Waals surface area (Å²) in [6.45, 7) is 5.26. The Labute approximate surface area is 93.5 Å². The second-order valence-corrected chi connectivity index (χ2v) is 4.14. The highest BCUT2D eigenvalue weighted by Gasteiger charge is 2.04. The zero-order valence-corrected chi connectivity index (χ0v) is 10.1. The van der Waals surface area contributed by atoms with Crippen LogP contribution in [0.5, 0.6) is 0 Å². The molecule has 0 aliphatic rings. The SMILES string of the molecule is CCC(CC)Cc1ccc(COC)cc1. The van der Waals surface area contributed by atoms with Crippen LogP contribution in [0.25, 0.3) is 0 Å². The predicted octanol–water partition coefficient (Wildman–Crippen LogP) is 3.81. The molecular formula is C14H22O. The van der Waals surface area contributed by atoms with Gasteiger partial charge in [-0.2, -0.15) is 0 Å². The van der Waals surface area contributed by atoms with Crippen molar-refractivity contribution in [1.82, 2.24) is 0 Å². The molecule has 84 valence electrons. The van der Waals surface area contributed by atoms with Crippen molar-refractivity contribution in [3.63, 3.8) is 0 Å². The topological polar surface area (TPSA) is 9.23 Å². The van der Waals surface area contributed by atoms with Gasteiger partial charge >= 0.3 is 0 Å². The molecule has 1 nitrogen and oxygen atoms in total. The fourth-order valence-corrected chi connectivity index (χ4v) is 1.85. The Kier molecular flexibility index (Phi) is 5.41. The average Bonchev–Trinajstić information content (AvgIpc) is 2.28. The lowest BCUT2D eigenvalue weighted by Gasteiger charge is -2.12. The first-order valence-electron chi connectivity index (χ1n) is 5.86. The molecule has 1 heteroatoms. The number of ether oxygens (including phenoxy) is 1. The third-order valence-corrected chi connectivity index (χ3v) is 3.01. The molecule has 0 spiro atoms. The molecular weight excluding hydrogens is 184 g/mol. The fourth-order valence-electron chi connectivity index (χ4n) is 1.85. The second kappa shape index (κ2) is 6.62. The van der Waals surface area contributed by atoms with Crippen molar-refractivity contribution < 1.29 is 4.74 Å². The standard InChI is InChI=1S/C14H22O/c1-4-12(5-2)10-13-6-8-14(9-7-13)11-15-3/h6-9,12H,4-5,10-11H2,1-3H3. The lowest BCUT2D eigenvalue weighted by atomic mass is 9.94. The summed E-state index contributed by atoms with van der Waals surface area (Å²) in [7, 11) is 1.73. The largest absolute Gasteiger partial charge is 0.380 e. The van der Waals surface area contributed by atoms with E-state index < -0.39 is 0 Å². The maximum absolute atomic E-state index is 5.09. The Morgan fingerprint density at radius 3 is 2.00 bits per heavy atom. The Hall–Kier alpha value is -0.820. The molecule has 0 unspecified atom stereocenters. The number of hydrogen-bond acceptors (Lipinski definition) is 1. The van der Waals surface area contributed by atoms with Gasteiger partial charge in [0, 0.05) is 7.11 Å². The van der Waals surface area contributed by atoms with Crippen LogP contribution in [-0.2, 0) is 17.8 Å². The Morgan fingerprint density at radius 1 is 1.00 bits per heavy atom. The highest BCUT2D eigenvalue weighted by atomic mass is 16.5. The van der Waals surface area contributed by atoms with Crippen LogP contribution in [0.1, 0.15) is 37.8 Å². The molecule has 1 rings (SSSR count). The van der Waals surface area contributed by atoms with Gasteiger partial charge in [0.1, 0.15) is 0 Å². The van der Waals surface area contributed by atoms with Gasteiger partial charge in [-0.05, 0) is 23.5 Å². The number of rotatable bonds is 6. The summed E-state index contributed by atoms with van der Waals surface area (Å²) in [5.74, 6) is 0.832. The molecule has 0 saturated carbocycles. The highest BCUT2D eigenvalue weighted by Crippen LogP contribution is 2.16. The Balaban J connectivity index is 2.55. The smallest absolute Gasteiger partial charge is 0.0713 e. The number of benzene rings is 1. The van der Waals surface area contributed by atoms with E-state index in [9.17, 15) is 0 Å². The van der Waals surface area contributed by atoms with Crippen LogP contribution in [-0.4, -0.2) is 7.11 Å². The molecule has 15 heavy (non-hydrogen) atoms. The van der Waals surface area contributed by atoms with Gasteiger partial charge in [0.2, 0.25) is 0 Å². The molecule has 1 aromatic carbocycles. The van der Waals surface area contributed by atoms with Gasteiger partial charge in [0.25, 0.3) is 0 Å². The van der Waals surface area contributed by atoms with E-state index in [1.165, 1.54) is 30.4 Å². The third-order valence-electron chi connectivity index (χ3n) is 3.01. The van der Waals surface area contributed by atoms with E-state index in [0.29, 0.717) is 6.61 Å². The van der Waals surface area contributed by atoms with Crippen LogP contribution in [0.15, 0.2) is 24.3 Å². The zero-order valence-electron chi connectivity index (χ0n) is 10.1. The van der Waals surface area contributed by atoms with Crippen LogP contribution >= 0.6 is 0 Å². The van der Waals surface area contributed by atoms with Crippen LogP contribution < -0.4 is 0 Å². The molecule has 0 radical (unpaired) electrons. The van der Waals surface area contributed by atoms with E-state index in [1.807, 2.05) is 0 Å². The van der Waals surface area contributed by atoms with E-state index in [2.05, 4.69) is 38.1 Å². The summed E-state index contributed by atoms with van der Waals surface area (Å²) in [6, 6.07) is 8.79. The molecule has 0 bridgehead atoms. The normalized spacial score (nSPS) is 10.9. The van der Waals surface area contributed by atoms with Crippen molar-refractivity contribution >= 4 is 0 Å². The minimum Gasteiger partial charge on any atom is -0.380 e. The van der Waals surface area contributed by atoms with E-state index in [4.69, 9.17) is 4.74 Å². The lowest BCUT2D eigenvalue weighted by molar-refractivity contribution is 0.185. The third kappa shape index (κ3) is 4.05. The summed E-state index contributed by atoms with van der Waals surface area (Å²) in [6.07, 6.45) is 3.76. The summed E-state index contributed by atoms with van der Waals surface area (Å²) in [4.78, 5) is 0. The van der Waals surface area contributed by atoms with E-state index in [0.717, 1.165) is 5.92 Å². The van der Waals surface area contributed by atoms with Gasteiger partial charge in [0.05, 0.1) is 6.61 Å². The van der Waals surface area contributed by atoms with Crippen LogP contribution in [0.3, 0.4) is 0 Å². The van der Waals surface area contributed by atoms with Crippen LogP contribution in [0.2, 0.25) is 0 Å². The Morgan fingerprint density at radius 2 is 1.53 bits per heavy atom. The summed E-state index contributed by atoms with van der Waals surface area (Å²) in [5, 5.41) is 0. The maximum Gasteiger partial charge on any atom is 0.0713 e. The minimum absolute atomic E-state index is 0.714. The van der Waals surface area contributed by atoms with E-state index >= 15 is 0 Å². The molecule has 0 atom stereocenters. The lowest BCUT2D eigenvalue weighted by Crippen LogP contribution is -2.01. The minimum atomic E-state index is 0.714. The second-order valence-electron chi connectivity index (χ2n) is 4.14. The summed E-state index contributed by atoms with van der Waals surface area (Å²) >= 11 is 0. The zero-order chi connectivity index (χ0) is 11.1. The molecule has 0 N–H and O–H groups in total. The van der Waals surface area contributed by atoms with Crippen molar-refractivity contribution in [2.75, 3.05) is 7.11 Å². The van der Waals surface area contributed by atoms with Crippen LogP contribution in [0.4, 0.5) is 0 Å². The molecule has 0 saturated heterocycles. The van der Waals surface area contributed by atoms with Gasteiger partial charge in [0.15, 0.2) is 0 Å². The highest BCUT2D eigenvalue weighted by molar-refractivity contribution is 5.22. The molecule has 0 aliphatic carbocycles. The van der Waals surface area contributed by atoms with Crippen molar-refractivity contribution in [3.05, 3.63) is 35.4 Å². The summed E-state index contributed by atoms with van der Waals surface area (Å²) in [5.41, 5.74) is 2.70. The quantitative estimate of drug-likeness (QED) is 0.687. The molecule has 0 aliphatic heterocycles. The molecule has 1 aromatic rings. The number of methoxy groups -OCH3 is 1. The van der Waals surface area contributed by atoms with E-state index in [1.54, 1.807) is 7.11 Å². The maximum atomic E-state index is 5.09. The van der Waals surface area contributed by atoms with Crippen molar-refractivity contribution in [3.8, 4) is 0 Å². The van der Waals surface area contributed by atoms with Gasteiger partial charge < -0.3 is 4.74 Å². The van der Waals surface area contributed by atoms with Gasteiger partial charge in [-0.1, -0.05) is 51.0 Å². The fraction of sp³-hybridized carbons (Fsp3) is 0.571. The van der Waals surface area contributed by atoms with Gasteiger partial charge in [-0.15, -0.1) is 0 Å². The van der Waals surface area contributed by atoms with Crippen molar-refractivity contribution in [1.29, 1.82) is 0 Å². The first kappa shape index (κ1) is 12.3. The van der Waals surface area contributed by atoms with Gasteiger partial charge in [-0.3, -0.25) is 0 Å². The monoisotopic (exact) mass is 206 g/mol. The summed E-state index contributed by atoms with van der Waals surface area (Å²) < 4.78 is 5.09. The van der Waals surface area contributed by atoms with Crippen molar-refractivity contribution in [2.45, 2.75) is 39.7 Å². The van der Waals surface area contributed by atoms with Crippen LogP contribution in [0, 0.1) is 5.92 Å².